The molecule has 0 spiro atoms. The number of fused-ring (bicyclic) bond motifs is 1. The standard InChI is InChI=1S/C13H12O4/c14-12(10-5-2-6-15-10)9-3-1-4-11-13(9)17-8-7-16-11/h1,3-5H,2,6-8H2. The van der Waals surface area contributed by atoms with Crippen LogP contribution in [0.5, 0.6) is 11.5 Å². The zero-order chi connectivity index (χ0) is 11.7. The Bertz CT molecular complexity index is 490. The molecule has 2 aliphatic rings. The minimum atomic E-state index is -0.134. The van der Waals surface area contributed by atoms with E-state index in [4.69, 9.17) is 14.2 Å². The molecular weight excluding hydrogens is 220 g/mol. The topological polar surface area (TPSA) is 44.8 Å². The van der Waals surface area contributed by atoms with Gasteiger partial charge < -0.3 is 14.2 Å². The Labute approximate surface area is 98.8 Å². The Morgan fingerprint density at radius 2 is 1.94 bits per heavy atom. The fourth-order valence-corrected chi connectivity index (χ4v) is 1.96. The molecule has 0 aliphatic carbocycles. The summed E-state index contributed by atoms with van der Waals surface area (Å²) < 4.78 is 16.2. The van der Waals surface area contributed by atoms with Crippen LogP contribution in [0.4, 0.5) is 0 Å². The lowest BCUT2D eigenvalue weighted by atomic mass is 10.1. The van der Waals surface area contributed by atoms with Gasteiger partial charge in [-0.05, 0) is 18.2 Å². The first-order valence-electron chi connectivity index (χ1n) is 5.62. The van der Waals surface area contributed by atoms with E-state index in [2.05, 4.69) is 0 Å². The molecule has 0 bridgehead atoms. The third-order valence-electron chi connectivity index (χ3n) is 2.74. The van der Waals surface area contributed by atoms with Crippen LogP contribution in [0.3, 0.4) is 0 Å². The second-order valence-corrected chi connectivity index (χ2v) is 3.86. The van der Waals surface area contributed by atoms with E-state index in [0.717, 1.165) is 6.42 Å². The van der Waals surface area contributed by atoms with E-state index in [1.165, 1.54) is 0 Å². The molecule has 0 radical (unpaired) electrons. The van der Waals surface area contributed by atoms with Crippen LogP contribution in [0.25, 0.3) is 0 Å². The van der Waals surface area contributed by atoms with Gasteiger partial charge >= 0.3 is 0 Å². The number of ketones is 1. The molecule has 3 rings (SSSR count). The highest BCUT2D eigenvalue weighted by Gasteiger charge is 2.24. The Morgan fingerprint density at radius 3 is 2.76 bits per heavy atom. The second kappa shape index (κ2) is 4.13. The minimum Gasteiger partial charge on any atom is -0.489 e. The summed E-state index contributed by atoms with van der Waals surface area (Å²) in [4.78, 5) is 12.2. The monoisotopic (exact) mass is 232 g/mol. The number of benzene rings is 1. The van der Waals surface area contributed by atoms with Crippen molar-refractivity contribution in [2.75, 3.05) is 19.8 Å². The minimum absolute atomic E-state index is 0.134. The van der Waals surface area contributed by atoms with Gasteiger partial charge in [0.25, 0.3) is 0 Å². The molecule has 0 N–H and O–H groups in total. The van der Waals surface area contributed by atoms with Crippen molar-refractivity contribution in [2.24, 2.45) is 0 Å². The first-order valence-corrected chi connectivity index (χ1v) is 5.62. The van der Waals surface area contributed by atoms with Crippen molar-refractivity contribution in [2.45, 2.75) is 6.42 Å². The molecule has 1 aromatic carbocycles. The van der Waals surface area contributed by atoms with Crippen LogP contribution in [0.1, 0.15) is 16.8 Å². The predicted octanol–water partition coefficient (Wildman–Crippen LogP) is 1.94. The maximum Gasteiger partial charge on any atom is 0.231 e. The van der Waals surface area contributed by atoms with Crippen LogP contribution in [0.15, 0.2) is 30.0 Å². The van der Waals surface area contributed by atoms with Crippen LogP contribution < -0.4 is 9.47 Å². The molecule has 4 nitrogen and oxygen atoms in total. The zero-order valence-electron chi connectivity index (χ0n) is 9.27. The maximum absolute atomic E-state index is 12.2. The van der Waals surface area contributed by atoms with Gasteiger partial charge in [0.15, 0.2) is 17.3 Å². The average molecular weight is 232 g/mol. The SMILES string of the molecule is O=C(C1=CCCO1)c1cccc2c1OCCO2. The smallest absolute Gasteiger partial charge is 0.231 e. The summed E-state index contributed by atoms with van der Waals surface area (Å²) in [5, 5.41) is 0. The van der Waals surface area contributed by atoms with E-state index >= 15 is 0 Å². The molecule has 4 heteroatoms. The summed E-state index contributed by atoms with van der Waals surface area (Å²) in [6.07, 6.45) is 2.60. The molecule has 0 saturated heterocycles. The lowest BCUT2D eigenvalue weighted by Crippen LogP contribution is -2.18. The van der Waals surface area contributed by atoms with E-state index in [0.29, 0.717) is 42.6 Å². The largest absolute Gasteiger partial charge is 0.489 e. The van der Waals surface area contributed by atoms with Gasteiger partial charge in [0.2, 0.25) is 5.78 Å². The molecule has 0 unspecified atom stereocenters. The van der Waals surface area contributed by atoms with E-state index in [1.54, 1.807) is 18.2 Å². The highest BCUT2D eigenvalue weighted by atomic mass is 16.6. The van der Waals surface area contributed by atoms with Gasteiger partial charge in [0, 0.05) is 6.42 Å². The number of Topliss-reactive ketones (excluding diaryl/α,β-unsaturated/α-hetero) is 1. The van der Waals surface area contributed by atoms with Crippen molar-refractivity contribution in [3.05, 3.63) is 35.6 Å². The highest BCUT2D eigenvalue weighted by molar-refractivity contribution is 6.09. The Hall–Kier alpha value is -1.97. The van der Waals surface area contributed by atoms with Gasteiger partial charge in [0.1, 0.15) is 13.2 Å². The van der Waals surface area contributed by atoms with Crippen molar-refractivity contribution in [3.8, 4) is 11.5 Å². The molecule has 2 heterocycles. The second-order valence-electron chi connectivity index (χ2n) is 3.86. The molecule has 0 atom stereocenters. The van der Waals surface area contributed by atoms with Crippen molar-refractivity contribution in [3.63, 3.8) is 0 Å². The van der Waals surface area contributed by atoms with Crippen LogP contribution in [0.2, 0.25) is 0 Å². The molecule has 0 fully saturated rings. The van der Waals surface area contributed by atoms with Crippen molar-refractivity contribution < 1.29 is 19.0 Å². The summed E-state index contributed by atoms with van der Waals surface area (Å²) in [6, 6.07) is 5.32. The van der Waals surface area contributed by atoms with Crippen molar-refractivity contribution >= 4 is 5.78 Å². The number of hydrogen-bond donors (Lipinski definition) is 0. The van der Waals surface area contributed by atoms with Crippen LogP contribution in [0, 0.1) is 0 Å². The van der Waals surface area contributed by atoms with Gasteiger partial charge in [-0.1, -0.05) is 6.07 Å². The van der Waals surface area contributed by atoms with Gasteiger partial charge in [0.05, 0.1) is 12.2 Å². The summed E-state index contributed by atoms with van der Waals surface area (Å²) in [5.74, 6) is 1.43. The summed E-state index contributed by atoms with van der Waals surface area (Å²) >= 11 is 0. The average Bonchev–Trinajstić information content (AvgIpc) is 2.91. The van der Waals surface area contributed by atoms with Crippen molar-refractivity contribution in [1.82, 2.24) is 0 Å². The van der Waals surface area contributed by atoms with Crippen LogP contribution >= 0.6 is 0 Å². The fraction of sp³-hybridized carbons (Fsp3) is 0.308. The number of ether oxygens (including phenoxy) is 3. The van der Waals surface area contributed by atoms with E-state index < -0.39 is 0 Å². The van der Waals surface area contributed by atoms with Gasteiger partial charge in [-0.15, -0.1) is 0 Å². The highest BCUT2D eigenvalue weighted by Crippen LogP contribution is 2.35. The molecule has 0 amide bonds. The first kappa shape index (κ1) is 10.2. The third-order valence-corrected chi connectivity index (χ3v) is 2.74. The summed E-state index contributed by atoms with van der Waals surface area (Å²) in [5.41, 5.74) is 0.510. The third kappa shape index (κ3) is 1.75. The van der Waals surface area contributed by atoms with Gasteiger partial charge in [-0.25, -0.2) is 0 Å². The fourth-order valence-electron chi connectivity index (χ4n) is 1.96. The van der Waals surface area contributed by atoms with E-state index in [1.807, 2.05) is 6.08 Å². The number of allylic oxidation sites excluding steroid dienone is 1. The molecule has 0 aromatic heterocycles. The lowest BCUT2D eigenvalue weighted by Gasteiger charge is -2.20. The summed E-state index contributed by atoms with van der Waals surface area (Å²) in [6.45, 7) is 1.56. The molecule has 2 aliphatic heterocycles. The molecular formula is C13H12O4. The van der Waals surface area contributed by atoms with E-state index in [9.17, 15) is 4.79 Å². The maximum atomic E-state index is 12.2. The zero-order valence-corrected chi connectivity index (χ0v) is 9.27. The number of rotatable bonds is 2. The van der Waals surface area contributed by atoms with Crippen molar-refractivity contribution in [1.29, 1.82) is 0 Å². The number of hydrogen-bond acceptors (Lipinski definition) is 4. The van der Waals surface area contributed by atoms with Crippen LogP contribution in [-0.2, 0) is 4.74 Å². The Morgan fingerprint density at radius 1 is 1.06 bits per heavy atom. The lowest BCUT2D eigenvalue weighted by molar-refractivity contribution is 0.0931. The Kier molecular flexibility index (Phi) is 2.48. The summed E-state index contributed by atoms with van der Waals surface area (Å²) in [7, 11) is 0. The molecule has 0 saturated carbocycles. The van der Waals surface area contributed by atoms with Gasteiger partial charge in [-0.3, -0.25) is 4.79 Å². The normalized spacial score (nSPS) is 17.3. The number of para-hydroxylation sites is 1. The Balaban J connectivity index is 1.99. The van der Waals surface area contributed by atoms with Gasteiger partial charge in [-0.2, -0.15) is 0 Å². The quantitative estimate of drug-likeness (QED) is 0.731. The van der Waals surface area contributed by atoms with Crippen LogP contribution in [-0.4, -0.2) is 25.6 Å². The predicted molar refractivity (Wildman–Crippen MR) is 60.4 cm³/mol. The first-order chi connectivity index (χ1) is 8.36. The van der Waals surface area contributed by atoms with E-state index in [-0.39, 0.29) is 5.78 Å². The number of carbonyl (C=O) groups excluding carboxylic acids is 1. The molecule has 88 valence electrons. The number of carbonyl (C=O) groups is 1. The molecule has 17 heavy (non-hydrogen) atoms. The molecule has 1 aromatic rings.